The minimum absolute atomic E-state index is 0.498. The van der Waals surface area contributed by atoms with Crippen LogP contribution in [0.25, 0.3) is 0 Å². The second-order valence-electron chi connectivity index (χ2n) is 6.01. The topological polar surface area (TPSA) is 21.3 Å². The van der Waals surface area contributed by atoms with Crippen molar-refractivity contribution in [1.82, 2.24) is 5.32 Å². The van der Waals surface area contributed by atoms with Crippen LogP contribution in [0.3, 0.4) is 0 Å². The largest absolute Gasteiger partial charge is 0.492 e. The molecule has 2 heteroatoms. The Labute approximate surface area is 123 Å². The highest BCUT2D eigenvalue weighted by Crippen LogP contribution is 2.27. The van der Waals surface area contributed by atoms with Gasteiger partial charge in [0.15, 0.2) is 0 Å². The second kappa shape index (κ2) is 9.02. The standard InChI is InChI=1S/C18H29NO/c1-2-13-19-17(14-16-9-5-3-6-10-16)15-20-18-11-7-4-8-12-18/h4,7-8,11-12,16-17,19H,2-3,5-6,9-10,13-15H2,1H3. The zero-order chi connectivity index (χ0) is 14.0. The predicted octanol–water partition coefficient (Wildman–Crippen LogP) is 4.40. The molecule has 1 atom stereocenters. The quantitative estimate of drug-likeness (QED) is 0.759. The first-order chi connectivity index (χ1) is 9.88. The van der Waals surface area contributed by atoms with Crippen molar-refractivity contribution >= 4 is 0 Å². The summed E-state index contributed by atoms with van der Waals surface area (Å²) >= 11 is 0. The van der Waals surface area contributed by atoms with Crippen LogP contribution in [0.4, 0.5) is 0 Å². The van der Waals surface area contributed by atoms with Crippen LogP contribution in [0.15, 0.2) is 30.3 Å². The molecule has 20 heavy (non-hydrogen) atoms. The monoisotopic (exact) mass is 275 g/mol. The van der Waals surface area contributed by atoms with Crippen LogP contribution in [0.1, 0.15) is 51.9 Å². The molecule has 0 heterocycles. The number of nitrogens with one attached hydrogen (secondary N) is 1. The summed E-state index contributed by atoms with van der Waals surface area (Å²) in [5.41, 5.74) is 0. The minimum Gasteiger partial charge on any atom is -0.492 e. The maximum absolute atomic E-state index is 5.94. The van der Waals surface area contributed by atoms with Gasteiger partial charge in [0.25, 0.3) is 0 Å². The van der Waals surface area contributed by atoms with Gasteiger partial charge in [-0.1, -0.05) is 57.2 Å². The van der Waals surface area contributed by atoms with Crippen molar-refractivity contribution in [2.75, 3.05) is 13.2 Å². The Bertz CT molecular complexity index is 346. The number of ether oxygens (including phenoxy) is 1. The van der Waals surface area contributed by atoms with E-state index in [2.05, 4.69) is 12.2 Å². The number of hydrogen-bond acceptors (Lipinski definition) is 2. The second-order valence-corrected chi connectivity index (χ2v) is 6.01. The van der Waals surface area contributed by atoms with Gasteiger partial charge in [-0.2, -0.15) is 0 Å². The number of hydrogen-bond donors (Lipinski definition) is 1. The SMILES string of the molecule is CCCNC(COc1ccccc1)CC1CCCCC1. The van der Waals surface area contributed by atoms with E-state index in [1.807, 2.05) is 30.3 Å². The number of para-hydroxylation sites is 1. The lowest BCUT2D eigenvalue weighted by Crippen LogP contribution is -2.37. The first-order valence-corrected chi connectivity index (χ1v) is 8.29. The van der Waals surface area contributed by atoms with Gasteiger partial charge in [-0.3, -0.25) is 0 Å². The molecular weight excluding hydrogens is 246 g/mol. The Morgan fingerprint density at radius 3 is 2.60 bits per heavy atom. The van der Waals surface area contributed by atoms with E-state index in [1.165, 1.54) is 44.9 Å². The highest BCUT2D eigenvalue weighted by molar-refractivity contribution is 5.20. The fourth-order valence-corrected chi connectivity index (χ4v) is 3.10. The third-order valence-corrected chi connectivity index (χ3v) is 4.22. The summed E-state index contributed by atoms with van der Waals surface area (Å²) in [5, 5.41) is 3.66. The zero-order valence-corrected chi connectivity index (χ0v) is 12.8. The molecule has 112 valence electrons. The molecule has 0 aliphatic heterocycles. The van der Waals surface area contributed by atoms with E-state index in [1.54, 1.807) is 0 Å². The molecule has 1 fully saturated rings. The lowest BCUT2D eigenvalue weighted by atomic mass is 9.85. The van der Waals surface area contributed by atoms with E-state index in [0.29, 0.717) is 6.04 Å². The van der Waals surface area contributed by atoms with Crippen molar-refractivity contribution in [3.05, 3.63) is 30.3 Å². The predicted molar refractivity (Wildman–Crippen MR) is 85.2 cm³/mol. The third kappa shape index (κ3) is 5.54. The van der Waals surface area contributed by atoms with Gasteiger partial charge in [-0.25, -0.2) is 0 Å². The summed E-state index contributed by atoms with van der Waals surface area (Å²) in [6, 6.07) is 10.7. The Balaban J connectivity index is 1.79. The van der Waals surface area contributed by atoms with E-state index in [9.17, 15) is 0 Å². The van der Waals surface area contributed by atoms with Gasteiger partial charge in [-0.15, -0.1) is 0 Å². The van der Waals surface area contributed by atoms with Crippen LogP contribution in [-0.4, -0.2) is 19.2 Å². The lowest BCUT2D eigenvalue weighted by Gasteiger charge is -2.27. The first-order valence-electron chi connectivity index (χ1n) is 8.29. The summed E-state index contributed by atoms with van der Waals surface area (Å²) < 4.78 is 5.94. The highest BCUT2D eigenvalue weighted by Gasteiger charge is 2.19. The lowest BCUT2D eigenvalue weighted by molar-refractivity contribution is 0.219. The molecule has 1 aliphatic carbocycles. The maximum Gasteiger partial charge on any atom is 0.119 e. The fraction of sp³-hybridized carbons (Fsp3) is 0.667. The number of benzene rings is 1. The third-order valence-electron chi connectivity index (χ3n) is 4.22. The molecule has 1 unspecified atom stereocenters. The molecule has 0 amide bonds. The summed E-state index contributed by atoms with van der Waals surface area (Å²) in [6.45, 7) is 4.11. The molecule has 1 aromatic rings. The van der Waals surface area contributed by atoms with Gasteiger partial charge >= 0.3 is 0 Å². The molecule has 0 aromatic heterocycles. The van der Waals surface area contributed by atoms with Crippen molar-refractivity contribution in [3.63, 3.8) is 0 Å². The van der Waals surface area contributed by atoms with Crippen molar-refractivity contribution in [3.8, 4) is 5.75 Å². The molecule has 0 radical (unpaired) electrons. The van der Waals surface area contributed by atoms with Gasteiger partial charge in [0.1, 0.15) is 12.4 Å². The van der Waals surface area contributed by atoms with Crippen molar-refractivity contribution in [2.24, 2.45) is 5.92 Å². The van der Waals surface area contributed by atoms with Crippen molar-refractivity contribution in [2.45, 2.75) is 57.9 Å². The van der Waals surface area contributed by atoms with E-state index < -0.39 is 0 Å². The summed E-state index contributed by atoms with van der Waals surface area (Å²) in [7, 11) is 0. The molecule has 1 N–H and O–H groups in total. The molecular formula is C18H29NO. The van der Waals surface area contributed by atoms with Crippen LogP contribution >= 0.6 is 0 Å². The average molecular weight is 275 g/mol. The van der Waals surface area contributed by atoms with Gasteiger partial charge in [-0.05, 0) is 37.4 Å². The Hall–Kier alpha value is -1.02. The van der Waals surface area contributed by atoms with E-state index >= 15 is 0 Å². The smallest absolute Gasteiger partial charge is 0.119 e. The van der Waals surface area contributed by atoms with E-state index in [4.69, 9.17) is 4.74 Å². The summed E-state index contributed by atoms with van der Waals surface area (Å²) in [4.78, 5) is 0. The van der Waals surface area contributed by atoms with E-state index in [0.717, 1.165) is 24.8 Å². The Morgan fingerprint density at radius 2 is 1.90 bits per heavy atom. The number of rotatable bonds is 8. The van der Waals surface area contributed by atoms with Crippen LogP contribution in [0.2, 0.25) is 0 Å². The maximum atomic E-state index is 5.94. The minimum atomic E-state index is 0.498. The molecule has 1 saturated carbocycles. The summed E-state index contributed by atoms with van der Waals surface area (Å²) in [5.74, 6) is 1.89. The van der Waals surface area contributed by atoms with Crippen LogP contribution < -0.4 is 10.1 Å². The van der Waals surface area contributed by atoms with Gasteiger partial charge in [0.2, 0.25) is 0 Å². The fourth-order valence-electron chi connectivity index (χ4n) is 3.10. The molecule has 1 aliphatic rings. The summed E-state index contributed by atoms with van der Waals surface area (Å²) in [6.07, 6.45) is 9.56. The normalized spacial score (nSPS) is 17.9. The molecule has 0 spiro atoms. The van der Waals surface area contributed by atoms with Gasteiger partial charge < -0.3 is 10.1 Å². The van der Waals surface area contributed by atoms with Crippen LogP contribution in [0, 0.1) is 5.92 Å². The zero-order valence-electron chi connectivity index (χ0n) is 12.8. The molecule has 2 nitrogen and oxygen atoms in total. The Kier molecular flexibility index (Phi) is 6.93. The van der Waals surface area contributed by atoms with Crippen molar-refractivity contribution < 1.29 is 4.74 Å². The first kappa shape index (κ1) is 15.4. The Morgan fingerprint density at radius 1 is 1.15 bits per heavy atom. The van der Waals surface area contributed by atoms with Crippen LogP contribution in [-0.2, 0) is 0 Å². The van der Waals surface area contributed by atoms with Gasteiger partial charge in [0.05, 0.1) is 0 Å². The molecule has 2 rings (SSSR count). The molecule has 0 bridgehead atoms. The van der Waals surface area contributed by atoms with Crippen molar-refractivity contribution in [1.29, 1.82) is 0 Å². The van der Waals surface area contributed by atoms with E-state index in [-0.39, 0.29) is 0 Å². The molecule has 1 aromatic carbocycles. The van der Waals surface area contributed by atoms with Crippen LogP contribution in [0.5, 0.6) is 5.75 Å². The average Bonchev–Trinajstić information content (AvgIpc) is 2.52. The van der Waals surface area contributed by atoms with Gasteiger partial charge in [0, 0.05) is 6.04 Å². The highest BCUT2D eigenvalue weighted by atomic mass is 16.5. The molecule has 0 saturated heterocycles.